The zero-order chi connectivity index (χ0) is 29.3. The van der Waals surface area contributed by atoms with Gasteiger partial charge < -0.3 is 9.47 Å². The van der Waals surface area contributed by atoms with Crippen molar-refractivity contribution in [2.24, 2.45) is 0 Å². The lowest BCUT2D eigenvalue weighted by Crippen LogP contribution is -2.13. The van der Waals surface area contributed by atoms with Crippen LogP contribution in [0.5, 0.6) is 11.5 Å². The third-order valence-corrected chi connectivity index (χ3v) is 7.93. The van der Waals surface area contributed by atoms with Gasteiger partial charge in [-0.05, 0) is 96.6 Å². The third kappa shape index (κ3) is 12.0. The summed E-state index contributed by atoms with van der Waals surface area (Å²) in [4.78, 5) is 21.9. The van der Waals surface area contributed by atoms with Crippen LogP contribution >= 0.6 is 15.9 Å². The maximum absolute atomic E-state index is 12.8. The number of ether oxygens (including phenoxy) is 2. The van der Waals surface area contributed by atoms with Crippen molar-refractivity contribution in [1.82, 2.24) is 9.97 Å². The quantitative estimate of drug-likeness (QED) is 0.0755. The summed E-state index contributed by atoms with van der Waals surface area (Å²) in [7, 11) is 0. The van der Waals surface area contributed by atoms with Gasteiger partial charge in [-0.3, -0.25) is 0 Å². The van der Waals surface area contributed by atoms with Crippen LogP contribution in [0.4, 0.5) is 0 Å². The molecule has 1 aromatic heterocycles. The number of esters is 1. The van der Waals surface area contributed by atoms with Crippen molar-refractivity contribution in [3.8, 4) is 22.9 Å². The second-order valence-electron chi connectivity index (χ2n) is 11.0. The standard InChI is InChI=1S/C35H47BrN2O3/c1-4-6-8-10-11-12-13-15-17-28-25-37-34(38-26-28)29-18-21-31(22-19-29)41-35(39)30-20-23-33(32(36)24-30)40-27(3)16-14-9-7-5-2/h18-27H,4-17H2,1-3H3. The van der Waals surface area contributed by atoms with E-state index in [1.165, 1.54) is 76.2 Å². The molecule has 3 aromatic rings. The van der Waals surface area contributed by atoms with Gasteiger partial charge in [-0.1, -0.05) is 78.1 Å². The molecule has 2 aromatic carbocycles. The molecule has 0 aliphatic carbocycles. The van der Waals surface area contributed by atoms with E-state index in [1.807, 2.05) is 30.6 Å². The van der Waals surface area contributed by atoms with Crippen LogP contribution in [-0.2, 0) is 6.42 Å². The molecule has 1 unspecified atom stereocenters. The van der Waals surface area contributed by atoms with Crippen LogP contribution in [0.1, 0.15) is 120 Å². The first kappa shape index (κ1) is 32.8. The van der Waals surface area contributed by atoms with E-state index in [0.717, 1.165) is 35.0 Å². The summed E-state index contributed by atoms with van der Waals surface area (Å²) in [6.07, 6.45) is 21.4. The molecule has 0 bridgehead atoms. The van der Waals surface area contributed by atoms with E-state index >= 15 is 0 Å². The van der Waals surface area contributed by atoms with Crippen LogP contribution in [0.2, 0.25) is 0 Å². The minimum atomic E-state index is -0.417. The van der Waals surface area contributed by atoms with Crippen molar-refractivity contribution < 1.29 is 14.3 Å². The van der Waals surface area contributed by atoms with Gasteiger partial charge in [0.05, 0.1) is 16.1 Å². The van der Waals surface area contributed by atoms with Gasteiger partial charge in [0, 0.05) is 18.0 Å². The van der Waals surface area contributed by atoms with Gasteiger partial charge in [0.1, 0.15) is 11.5 Å². The first-order valence-electron chi connectivity index (χ1n) is 15.6. The van der Waals surface area contributed by atoms with Gasteiger partial charge in [-0.2, -0.15) is 0 Å². The highest BCUT2D eigenvalue weighted by Crippen LogP contribution is 2.29. The Bertz CT molecular complexity index is 1170. The SMILES string of the molecule is CCCCCCCCCCc1cnc(-c2ccc(OC(=O)c3ccc(OC(C)CCCCCC)c(Br)c3)cc2)nc1. The summed E-state index contributed by atoms with van der Waals surface area (Å²) in [6, 6.07) is 12.6. The summed E-state index contributed by atoms with van der Waals surface area (Å²) in [5.41, 5.74) is 2.52. The number of nitrogens with zero attached hydrogens (tertiary/aromatic N) is 2. The molecular formula is C35H47BrN2O3. The van der Waals surface area contributed by atoms with E-state index in [-0.39, 0.29) is 6.10 Å². The van der Waals surface area contributed by atoms with Gasteiger partial charge in [0.15, 0.2) is 5.82 Å². The maximum atomic E-state index is 12.8. The molecule has 1 atom stereocenters. The molecule has 41 heavy (non-hydrogen) atoms. The minimum Gasteiger partial charge on any atom is -0.490 e. The molecule has 0 saturated carbocycles. The fourth-order valence-corrected chi connectivity index (χ4v) is 5.26. The zero-order valence-electron chi connectivity index (χ0n) is 25.2. The molecule has 0 saturated heterocycles. The Balaban J connectivity index is 1.44. The first-order chi connectivity index (χ1) is 20.0. The number of halogens is 1. The first-order valence-corrected chi connectivity index (χ1v) is 16.4. The van der Waals surface area contributed by atoms with E-state index < -0.39 is 5.97 Å². The number of hydrogen-bond donors (Lipinski definition) is 0. The van der Waals surface area contributed by atoms with Crippen molar-refractivity contribution in [2.75, 3.05) is 0 Å². The monoisotopic (exact) mass is 622 g/mol. The second kappa shape index (κ2) is 18.7. The van der Waals surface area contributed by atoms with Crippen LogP contribution in [0.3, 0.4) is 0 Å². The van der Waals surface area contributed by atoms with Gasteiger partial charge in [0.25, 0.3) is 0 Å². The molecule has 0 aliphatic heterocycles. The predicted octanol–water partition coefficient (Wildman–Crippen LogP) is 10.5. The van der Waals surface area contributed by atoms with Gasteiger partial charge in [-0.15, -0.1) is 0 Å². The molecule has 0 radical (unpaired) electrons. The Labute approximate surface area is 255 Å². The van der Waals surface area contributed by atoms with Crippen LogP contribution < -0.4 is 9.47 Å². The van der Waals surface area contributed by atoms with E-state index in [1.54, 1.807) is 24.3 Å². The second-order valence-corrected chi connectivity index (χ2v) is 11.8. The molecule has 0 aliphatic rings. The smallest absolute Gasteiger partial charge is 0.343 e. The van der Waals surface area contributed by atoms with Crippen LogP contribution in [0.15, 0.2) is 59.3 Å². The maximum Gasteiger partial charge on any atom is 0.343 e. The fraction of sp³-hybridized carbons (Fsp3) is 0.514. The number of aryl methyl sites for hydroxylation is 1. The average molecular weight is 624 g/mol. The van der Waals surface area contributed by atoms with Gasteiger partial charge in [-0.25, -0.2) is 14.8 Å². The Morgan fingerprint density at radius 1 is 0.805 bits per heavy atom. The molecule has 222 valence electrons. The molecule has 5 nitrogen and oxygen atoms in total. The fourth-order valence-electron chi connectivity index (χ4n) is 4.79. The number of carbonyl (C=O) groups is 1. The lowest BCUT2D eigenvalue weighted by molar-refractivity contribution is 0.0734. The third-order valence-electron chi connectivity index (χ3n) is 7.31. The number of carbonyl (C=O) groups excluding carboxylic acids is 1. The molecule has 0 N–H and O–H groups in total. The molecule has 1 heterocycles. The highest BCUT2D eigenvalue weighted by Gasteiger charge is 2.14. The zero-order valence-corrected chi connectivity index (χ0v) is 26.8. The van der Waals surface area contributed by atoms with Gasteiger partial charge in [0.2, 0.25) is 0 Å². The summed E-state index contributed by atoms with van der Waals surface area (Å²) in [5, 5.41) is 0. The van der Waals surface area contributed by atoms with Crippen molar-refractivity contribution in [1.29, 1.82) is 0 Å². The average Bonchev–Trinajstić information content (AvgIpc) is 2.98. The molecule has 0 spiro atoms. The minimum absolute atomic E-state index is 0.120. The Morgan fingerprint density at radius 3 is 2.05 bits per heavy atom. The number of rotatable bonds is 19. The Morgan fingerprint density at radius 2 is 1.41 bits per heavy atom. The number of benzene rings is 2. The van der Waals surface area contributed by atoms with E-state index in [2.05, 4.69) is 46.7 Å². The van der Waals surface area contributed by atoms with Crippen molar-refractivity contribution in [2.45, 2.75) is 117 Å². The molecular weight excluding hydrogens is 576 g/mol. The summed E-state index contributed by atoms with van der Waals surface area (Å²) in [6.45, 7) is 6.56. The summed E-state index contributed by atoms with van der Waals surface area (Å²) in [5.74, 6) is 1.46. The normalized spacial score (nSPS) is 11.8. The van der Waals surface area contributed by atoms with E-state index in [4.69, 9.17) is 9.47 Å². The lowest BCUT2D eigenvalue weighted by atomic mass is 10.1. The highest BCUT2D eigenvalue weighted by molar-refractivity contribution is 9.10. The van der Waals surface area contributed by atoms with Crippen molar-refractivity contribution in [3.63, 3.8) is 0 Å². The summed E-state index contributed by atoms with van der Waals surface area (Å²) >= 11 is 3.55. The molecule has 0 fully saturated rings. The van der Waals surface area contributed by atoms with Gasteiger partial charge >= 0.3 is 5.97 Å². The Kier molecular flexibility index (Phi) is 14.9. The van der Waals surface area contributed by atoms with Crippen molar-refractivity contribution in [3.05, 3.63) is 70.5 Å². The lowest BCUT2D eigenvalue weighted by Gasteiger charge is -2.16. The predicted molar refractivity (Wildman–Crippen MR) is 172 cm³/mol. The summed E-state index contributed by atoms with van der Waals surface area (Å²) < 4.78 is 12.4. The largest absolute Gasteiger partial charge is 0.490 e. The van der Waals surface area contributed by atoms with Crippen molar-refractivity contribution >= 4 is 21.9 Å². The Hall–Kier alpha value is -2.73. The number of unbranched alkanes of at least 4 members (excludes halogenated alkanes) is 10. The molecule has 3 rings (SSSR count). The number of hydrogen-bond acceptors (Lipinski definition) is 5. The van der Waals surface area contributed by atoms with Crippen LogP contribution in [0.25, 0.3) is 11.4 Å². The van der Waals surface area contributed by atoms with Crippen LogP contribution in [-0.4, -0.2) is 22.0 Å². The molecule has 0 amide bonds. The van der Waals surface area contributed by atoms with E-state index in [9.17, 15) is 4.79 Å². The molecule has 6 heteroatoms. The van der Waals surface area contributed by atoms with Crippen LogP contribution in [0, 0.1) is 0 Å². The van der Waals surface area contributed by atoms with E-state index in [0.29, 0.717) is 17.1 Å². The topological polar surface area (TPSA) is 61.3 Å². The highest BCUT2D eigenvalue weighted by atomic mass is 79.9. The number of aromatic nitrogens is 2.